The van der Waals surface area contributed by atoms with E-state index < -0.39 is 0 Å². The summed E-state index contributed by atoms with van der Waals surface area (Å²) in [4.78, 5) is 0. The predicted molar refractivity (Wildman–Crippen MR) is 32.5 cm³/mol. The molecule has 0 aliphatic carbocycles. The van der Waals surface area contributed by atoms with Crippen LogP contribution in [0.4, 0.5) is 0 Å². The van der Waals surface area contributed by atoms with Crippen LogP contribution >= 0.6 is 11.8 Å². The van der Waals surface area contributed by atoms with Gasteiger partial charge >= 0.3 is 0 Å². The van der Waals surface area contributed by atoms with Gasteiger partial charge in [-0.05, 0) is 17.5 Å². The maximum atomic E-state index is 2.11. The van der Waals surface area contributed by atoms with Gasteiger partial charge in [0, 0.05) is 0 Å². The Hall–Kier alpha value is 0.567. The van der Waals surface area contributed by atoms with Crippen molar-refractivity contribution in [2.45, 2.75) is 12.5 Å². The molecule has 0 spiro atoms. The van der Waals surface area contributed by atoms with Crippen LogP contribution in [0.3, 0.4) is 0 Å². The van der Waals surface area contributed by atoms with Crippen molar-refractivity contribution in [1.82, 2.24) is 0 Å². The zero-order valence-corrected chi connectivity index (χ0v) is 5.55. The molecule has 1 aliphatic rings. The summed E-state index contributed by atoms with van der Waals surface area (Å²) in [6.07, 6.45) is 1.48. The van der Waals surface area contributed by atoms with Crippen molar-refractivity contribution < 1.29 is 0 Å². The van der Waals surface area contributed by atoms with Gasteiger partial charge in [0.1, 0.15) is 0 Å². The molecule has 0 saturated carbocycles. The van der Waals surface area contributed by atoms with Crippen molar-refractivity contribution >= 4 is 21.3 Å². The minimum atomic E-state index is 1.26. The van der Waals surface area contributed by atoms with Crippen LogP contribution in [0.1, 0.15) is 6.42 Å². The van der Waals surface area contributed by atoms with E-state index >= 15 is 0 Å². The highest BCUT2D eigenvalue weighted by Gasteiger charge is 1.96. The number of rotatable bonds is 0. The Bertz CT molecular complexity index is 23.0. The highest BCUT2D eigenvalue weighted by molar-refractivity contribution is 8.00. The van der Waals surface area contributed by atoms with Crippen molar-refractivity contribution in [2.75, 3.05) is 11.1 Å². The van der Waals surface area contributed by atoms with Crippen LogP contribution in [0.5, 0.6) is 0 Å². The van der Waals surface area contributed by atoms with Crippen LogP contribution in [0.25, 0.3) is 0 Å². The number of hydrogen-bond acceptors (Lipinski definition) is 1. The summed E-state index contributed by atoms with van der Waals surface area (Å²) in [6.45, 7) is 0. The number of hydrogen-bond donors (Lipinski definition) is 0. The van der Waals surface area contributed by atoms with E-state index in [2.05, 4.69) is 11.8 Å². The van der Waals surface area contributed by atoms with E-state index in [9.17, 15) is 0 Å². The fraction of sp³-hybridized carbons (Fsp3) is 1.00. The van der Waals surface area contributed by atoms with Gasteiger partial charge in [-0.25, -0.2) is 0 Å². The Balaban J connectivity index is 2.00. The van der Waals surface area contributed by atoms with Crippen LogP contribution in [0, 0.1) is 0 Å². The Morgan fingerprint density at radius 2 is 2.50 bits per heavy atom. The quantitative estimate of drug-likeness (QED) is 0.429. The third-order valence-electron chi connectivity index (χ3n) is 0.846. The summed E-state index contributed by atoms with van der Waals surface area (Å²) >= 11 is 2.11. The van der Waals surface area contributed by atoms with E-state index in [1.54, 1.807) is 0 Å². The topological polar surface area (TPSA) is 0 Å². The molecule has 1 rings (SSSR count). The smallest absolute Gasteiger partial charge is 0.0507 e. The van der Waals surface area contributed by atoms with Gasteiger partial charge in [0.2, 0.25) is 0 Å². The molecule has 0 nitrogen and oxygen atoms in total. The van der Waals surface area contributed by atoms with Gasteiger partial charge in [0.25, 0.3) is 0 Å². The van der Waals surface area contributed by atoms with Crippen LogP contribution < -0.4 is 0 Å². The maximum absolute atomic E-state index is 2.11. The summed E-state index contributed by atoms with van der Waals surface area (Å²) in [5.41, 5.74) is 0. The molecule has 0 aromatic carbocycles. The van der Waals surface area contributed by atoms with Gasteiger partial charge in [-0.3, -0.25) is 0 Å². The first-order chi connectivity index (χ1) is 3.00. The van der Waals surface area contributed by atoms with Gasteiger partial charge in [-0.1, -0.05) is 6.04 Å². The Labute approximate surface area is 45.5 Å². The molecule has 1 fully saturated rings. The third kappa shape index (κ3) is 1.35. The molecule has 0 atom stereocenters. The fourth-order valence-corrected chi connectivity index (χ4v) is 3.28. The lowest BCUT2D eigenvalue weighted by Crippen LogP contribution is -2.01. The minimum absolute atomic E-state index is 1.26. The second-order valence-corrected chi connectivity index (χ2v) is 4.38. The largest absolute Gasteiger partial charge is 0.166 e. The summed E-state index contributed by atoms with van der Waals surface area (Å²) in [7, 11) is 1.26. The lowest BCUT2D eigenvalue weighted by atomic mass is 10.6. The highest BCUT2D eigenvalue weighted by atomic mass is 32.2. The Kier molecular flexibility index (Phi) is 2.12. The average molecular weight is 116 g/mol. The molecule has 0 N–H and O–H groups in total. The molecule has 1 saturated heterocycles. The van der Waals surface area contributed by atoms with Crippen LogP contribution in [0.15, 0.2) is 0 Å². The molecule has 1 heterocycles. The summed E-state index contributed by atoms with van der Waals surface area (Å²) < 4.78 is 0. The monoisotopic (exact) mass is 116 g/mol. The lowest BCUT2D eigenvalue weighted by molar-refractivity contribution is 1.08. The molecule has 0 aromatic rings. The second-order valence-electron chi connectivity index (χ2n) is 1.41. The van der Waals surface area contributed by atoms with Crippen molar-refractivity contribution in [2.24, 2.45) is 0 Å². The first-order valence-corrected chi connectivity index (χ1v) is 4.85. The molecular formula is C4H8SSi. The molecule has 2 radical (unpaired) electrons. The summed E-state index contributed by atoms with van der Waals surface area (Å²) in [5.74, 6) is 1.42. The first kappa shape index (κ1) is 4.72. The van der Waals surface area contributed by atoms with Crippen LogP contribution in [0.2, 0.25) is 6.04 Å². The molecule has 34 valence electrons. The third-order valence-corrected chi connectivity index (χ3v) is 3.76. The van der Waals surface area contributed by atoms with E-state index in [4.69, 9.17) is 0 Å². The lowest BCUT2D eigenvalue weighted by Gasteiger charge is -2.04. The molecule has 0 unspecified atom stereocenters. The van der Waals surface area contributed by atoms with E-state index in [1.807, 2.05) is 0 Å². The van der Waals surface area contributed by atoms with E-state index in [0.717, 1.165) is 0 Å². The molecule has 0 bridgehead atoms. The SMILES string of the molecule is C1C[Si]CSC1. The minimum Gasteiger partial charge on any atom is -0.166 e. The average Bonchev–Trinajstić information content (AvgIpc) is 1.72. The van der Waals surface area contributed by atoms with E-state index in [1.165, 1.54) is 33.1 Å². The molecule has 2 heteroatoms. The van der Waals surface area contributed by atoms with Crippen molar-refractivity contribution in [3.63, 3.8) is 0 Å². The highest BCUT2D eigenvalue weighted by Crippen LogP contribution is 2.09. The van der Waals surface area contributed by atoms with Crippen LogP contribution in [-0.4, -0.2) is 20.6 Å². The van der Waals surface area contributed by atoms with Crippen molar-refractivity contribution in [1.29, 1.82) is 0 Å². The molecule has 0 amide bonds. The maximum Gasteiger partial charge on any atom is 0.0507 e. The van der Waals surface area contributed by atoms with Gasteiger partial charge < -0.3 is 0 Å². The van der Waals surface area contributed by atoms with Crippen LogP contribution in [-0.2, 0) is 0 Å². The zero-order chi connectivity index (χ0) is 4.24. The van der Waals surface area contributed by atoms with Gasteiger partial charge in [-0.2, -0.15) is 11.8 Å². The molecular weight excluding hydrogens is 108 g/mol. The summed E-state index contributed by atoms with van der Waals surface area (Å²) in [5, 5.41) is 1.44. The predicted octanol–water partition coefficient (Wildman–Crippen LogP) is 1.20. The molecule has 6 heavy (non-hydrogen) atoms. The Morgan fingerprint density at radius 3 is 2.67 bits per heavy atom. The van der Waals surface area contributed by atoms with Crippen molar-refractivity contribution in [3.8, 4) is 0 Å². The summed E-state index contributed by atoms with van der Waals surface area (Å²) in [6, 6.07) is 1.51. The number of thioether (sulfide) groups is 1. The van der Waals surface area contributed by atoms with Gasteiger partial charge in [-0.15, -0.1) is 0 Å². The fourth-order valence-electron chi connectivity index (χ4n) is 0.516. The normalized spacial score (nSPS) is 24.0. The van der Waals surface area contributed by atoms with Crippen molar-refractivity contribution in [3.05, 3.63) is 0 Å². The second kappa shape index (κ2) is 2.69. The van der Waals surface area contributed by atoms with E-state index in [0.29, 0.717) is 0 Å². The van der Waals surface area contributed by atoms with E-state index in [-0.39, 0.29) is 0 Å². The standard InChI is InChI=1S/C4H8SSi/c1-2-5-4-6-3-1/h1-4H2. The molecule has 1 aliphatic heterocycles. The van der Waals surface area contributed by atoms with Gasteiger partial charge in [0.05, 0.1) is 9.52 Å². The Morgan fingerprint density at radius 1 is 1.50 bits per heavy atom. The van der Waals surface area contributed by atoms with Gasteiger partial charge in [0.15, 0.2) is 0 Å². The molecule has 0 aromatic heterocycles. The first-order valence-electron chi connectivity index (χ1n) is 2.28. The zero-order valence-electron chi connectivity index (χ0n) is 3.74.